The zero-order valence-corrected chi connectivity index (χ0v) is 6.70. The van der Waals surface area contributed by atoms with Gasteiger partial charge in [0.1, 0.15) is 0 Å². The third-order valence-corrected chi connectivity index (χ3v) is 2.38. The monoisotopic (exact) mass is 159 g/mol. The molecule has 0 aromatic carbocycles. The van der Waals surface area contributed by atoms with E-state index in [-0.39, 0.29) is 0 Å². The van der Waals surface area contributed by atoms with Crippen molar-refractivity contribution in [3.05, 3.63) is 22.8 Å². The zero-order valence-electron chi connectivity index (χ0n) is 5.88. The molecule has 1 rings (SSSR count). The molecule has 0 saturated heterocycles. The topological polar surface area (TPSA) is 46.2 Å². The molecule has 0 saturated carbocycles. The van der Waals surface area contributed by atoms with E-state index in [2.05, 4.69) is 4.72 Å². The Kier molecular flexibility index (Phi) is 1.56. The van der Waals surface area contributed by atoms with Crippen LogP contribution in [0.4, 0.5) is 0 Å². The van der Waals surface area contributed by atoms with Crippen molar-refractivity contribution in [1.29, 1.82) is 0 Å². The van der Waals surface area contributed by atoms with Crippen LogP contribution in [0.15, 0.2) is 22.8 Å². The Bertz CT molecular complexity index is 298. The molecule has 1 heterocycles. The van der Waals surface area contributed by atoms with E-state index in [0.29, 0.717) is 5.70 Å². The van der Waals surface area contributed by atoms with Crippen LogP contribution < -0.4 is 4.72 Å². The summed E-state index contributed by atoms with van der Waals surface area (Å²) in [6, 6.07) is 0. The van der Waals surface area contributed by atoms with Gasteiger partial charge in [-0.3, -0.25) is 4.72 Å². The van der Waals surface area contributed by atoms with Gasteiger partial charge in [-0.05, 0) is 25.5 Å². The summed E-state index contributed by atoms with van der Waals surface area (Å²) in [5, 5.41) is 1.21. The van der Waals surface area contributed by atoms with Crippen LogP contribution in [0.25, 0.3) is 0 Å². The highest BCUT2D eigenvalue weighted by molar-refractivity contribution is 7.92. The molecule has 0 aliphatic carbocycles. The van der Waals surface area contributed by atoms with E-state index in [4.69, 9.17) is 0 Å². The highest BCUT2D eigenvalue weighted by Gasteiger charge is 2.10. The molecule has 0 aromatic rings. The van der Waals surface area contributed by atoms with Crippen LogP contribution in [-0.2, 0) is 10.0 Å². The molecule has 0 aromatic heterocycles. The van der Waals surface area contributed by atoms with Gasteiger partial charge in [-0.25, -0.2) is 8.42 Å². The lowest BCUT2D eigenvalue weighted by molar-refractivity contribution is 0.596. The molecular weight excluding hydrogens is 150 g/mol. The van der Waals surface area contributed by atoms with Gasteiger partial charge < -0.3 is 0 Å². The van der Waals surface area contributed by atoms with Crippen molar-refractivity contribution >= 4 is 10.0 Å². The van der Waals surface area contributed by atoms with Crippen LogP contribution in [0, 0.1) is 0 Å². The van der Waals surface area contributed by atoms with Gasteiger partial charge in [0, 0.05) is 5.70 Å². The Hall–Kier alpha value is -0.770. The van der Waals surface area contributed by atoms with Crippen LogP contribution in [0.3, 0.4) is 0 Å². The lowest BCUT2D eigenvalue weighted by atomic mass is 10.3. The minimum absolute atomic E-state index is 0.667. The second-order valence-corrected chi connectivity index (χ2v) is 3.87. The maximum absolute atomic E-state index is 10.8. The van der Waals surface area contributed by atoms with Gasteiger partial charge in [-0.2, -0.15) is 0 Å². The average molecular weight is 159 g/mol. The molecule has 0 bridgehead atoms. The molecule has 4 heteroatoms. The Morgan fingerprint density at radius 3 is 2.40 bits per heavy atom. The molecule has 56 valence electrons. The molecule has 0 radical (unpaired) electrons. The van der Waals surface area contributed by atoms with E-state index in [1.807, 2.05) is 0 Å². The first-order valence-electron chi connectivity index (χ1n) is 2.89. The van der Waals surface area contributed by atoms with Crippen molar-refractivity contribution in [1.82, 2.24) is 4.72 Å². The molecule has 0 spiro atoms. The van der Waals surface area contributed by atoms with Crippen molar-refractivity contribution in [3.8, 4) is 0 Å². The number of allylic oxidation sites excluding steroid dienone is 3. The largest absolute Gasteiger partial charge is 0.284 e. The van der Waals surface area contributed by atoms with E-state index in [1.165, 1.54) is 5.41 Å². The third kappa shape index (κ3) is 1.60. The van der Waals surface area contributed by atoms with Crippen molar-refractivity contribution in [2.24, 2.45) is 0 Å². The average Bonchev–Trinajstić information content (AvgIpc) is 1.54. The van der Waals surface area contributed by atoms with Crippen LogP contribution >= 0.6 is 0 Å². The Morgan fingerprint density at radius 1 is 1.40 bits per heavy atom. The molecule has 1 N–H and O–H groups in total. The molecule has 0 amide bonds. The number of sulfonamides is 1. The van der Waals surface area contributed by atoms with Crippen LogP contribution in [0.2, 0.25) is 0 Å². The Morgan fingerprint density at radius 2 is 2.00 bits per heavy atom. The summed E-state index contributed by atoms with van der Waals surface area (Å²) < 4.78 is 24.0. The van der Waals surface area contributed by atoms with Crippen molar-refractivity contribution in [2.45, 2.75) is 13.8 Å². The number of rotatable bonds is 0. The summed E-state index contributed by atoms with van der Waals surface area (Å²) in [5.74, 6) is 0. The van der Waals surface area contributed by atoms with Crippen molar-refractivity contribution in [2.75, 3.05) is 0 Å². The summed E-state index contributed by atoms with van der Waals surface area (Å²) in [5.41, 5.74) is 1.43. The molecule has 10 heavy (non-hydrogen) atoms. The van der Waals surface area contributed by atoms with Crippen LogP contribution in [0.1, 0.15) is 13.8 Å². The first-order valence-corrected chi connectivity index (χ1v) is 4.44. The smallest absolute Gasteiger partial charge is 0.255 e. The number of hydrogen-bond donors (Lipinski definition) is 1. The quantitative estimate of drug-likeness (QED) is 0.566. The molecular formula is C6H9NO2S. The first-order chi connectivity index (χ1) is 4.49. The van der Waals surface area contributed by atoms with Crippen LogP contribution in [-0.4, -0.2) is 8.42 Å². The zero-order chi connectivity index (χ0) is 7.78. The molecule has 0 fully saturated rings. The third-order valence-electron chi connectivity index (χ3n) is 1.09. The normalized spacial score (nSPS) is 22.6. The summed E-state index contributed by atoms with van der Waals surface area (Å²) in [7, 11) is -3.16. The van der Waals surface area contributed by atoms with Gasteiger partial charge >= 0.3 is 0 Å². The fraction of sp³-hybridized carbons (Fsp3) is 0.333. The highest BCUT2D eigenvalue weighted by Crippen LogP contribution is 2.08. The molecule has 1 aliphatic heterocycles. The minimum atomic E-state index is -3.16. The SMILES string of the molecule is CC1=CS(=O)(=O)NC(C)=C1. The summed E-state index contributed by atoms with van der Waals surface area (Å²) >= 11 is 0. The van der Waals surface area contributed by atoms with Gasteiger partial charge in [0.05, 0.1) is 5.41 Å². The maximum Gasteiger partial charge on any atom is 0.255 e. The van der Waals surface area contributed by atoms with E-state index < -0.39 is 10.0 Å². The van der Waals surface area contributed by atoms with E-state index in [1.54, 1.807) is 19.9 Å². The van der Waals surface area contributed by atoms with Crippen molar-refractivity contribution < 1.29 is 8.42 Å². The fourth-order valence-corrected chi connectivity index (χ4v) is 2.03. The predicted molar refractivity (Wildman–Crippen MR) is 39.6 cm³/mol. The summed E-state index contributed by atoms with van der Waals surface area (Å²) in [6.45, 7) is 3.47. The first kappa shape index (κ1) is 7.34. The number of nitrogens with one attached hydrogen (secondary N) is 1. The lowest BCUT2D eigenvalue weighted by Gasteiger charge is -2.09. The van der Waals surface area contributed by atoms with E-state index in [9.17, 15) is 8.42 Å². The van der Waals surface area contributed by atoms with Gasteiger partial charge in [0.15, 0.2) is 0 Å². The minimum Gasteiger partial charge on any atom is -0.284 e. The fourth-order valence-electron chi connectivity index (χ4n) is 0.904. The lowest BCUT2D eigenvalue weighted by Crippen LogP contribution is -2.22. The highest BCUT2D eigenvalue weighted by atomic mass is 32.2. The van der Waals surface area contributed by atoms with Gasteiger partial charge in [-0.15, -0.1) is 0 Å². The van der Waals surface area contributed by atoms with Gasteiger partial charge in [-0.1, -0.05) is 0 Å². The molecule has 3 nitrogen and oxygen atoms in total. The predicted octanol–water partition coefficient (Wildman–Crippen LogP) is 0.727. The van der Waals surface area contributed by atoms with Gasteiger partial charge in [0.2, 0.25) is 0 Å². The summed E-state index contributed by atoms with van der Waals surface area (Å²) in [6.07, 6.45) is 1.78. The van der Waals surface area contributed by atoms with E-state index >= 15 is 0 Å². The second kappa shape index (κ2) is 2.12. The molecule has 1 aliphatic rings. The number of hydrogen-bond acceptors (Lipinski definition) is 2. The van der Waals surface area contributed by atoms with Crippen molar-refractivity contribution in [3.63, 3.8) is 0 Å². The second-order valence-electron chi connectivity index (χ2n) is 2.34. The van der Waals surface area contributed by atoms with E-state index in [0.717, 1.165) is 5.57 Å². The Balaban J connectivity index is 3.11. The molecule has 0 unspecified atom stereocenters. The Labute approximate surface area is 60.5 Å². The molecule has 0 atom stereocenters. The summed E-state index contributed by atoms with van der Waals surface area (Å²) in [4.78, 5) is 0. The van der Waals surface area contributed by atoms with Crippen LogP contribution in [0.5, 0.6) is 0 Å². The standard InChI is InChI=1S/C6H9NO2S/c1-5-3-6(2)7-10(8,9)4-5/h3-4,7H,1-2H3. The van der Waals surface area contributed by atoms with Gasteiger partial charge in [0.25, 0.3) is 10.0 Å². The maximum atomic E-state index is 10.8.